The maximum Gasteiger partial charge on any atom is 0.116 e. The highest BCUT2D eigenvalue weighted by atomic mass is 15.1. The molecule has 0 bridgehead atoms. The van der Waals surface area contributed by atoms with Gasteiger partial charge >= 0.3 is 0 Å². The lowest BCUT2D eigenvalue weighted by Crippen LogP contribution is -2.29. The molecule has 2 N–H and O–H groups in total. The van der Waals surface area contributed by atoms with E-state index in [2.05, 4.69) is 72.5 Å². The van der Waals surface area contributed by atoms with Gasteiger partial charge in [0.1, 0.15) is 12.0 Å². The lowest BCUT2D eigenvalue weighted by molar-refractivity contribution is 0.579. The molecule has 0 aliphatic carbocycles. The van der Waals surface area contributed by atoms with Gasteiger partial charge in [-0.2, -0.15) is 5.10 Å². The van der Waals surface area contributed by atoms with Gasteiger partial charge in [0.05, 0.1) is 11.2 Å². The summed E-state index contributed by atoms with van der Waals surface area (Å²) in [5.41, 5.74) is 7.52. The van der Waals surface area contributed by atoms with Crippen molar-refractivity contribution >= 4 is 27.5 Å². The van der Waals surface area contributed by atoms with Crippen LogP contribution in [0.4, 0.5) is 5.69 Å². The molecule has 2 aromatic carbocycles. The second-order valence-corrected chi connectivity index (χ2v) is 7.93. The zero-order valence-electron chi connectivity index (χ0n) is 16.6. The minimum absolute atomic E-state index is 0.935. The summed E-state index contributed by atoms with van der Waals surface area (Å²) in [7, 11) is 0. The SMILES string of the molecule is c1cc(N2CCCCC2)c2cc(-c3n[nH]c4ccc(-c5cncnc5)cc34)[nH]c2c1. The Bertz CT molecular complexity index is 1330. The summed E-state index contributed by atoms with van der Waals surface area (Å²) in [5.74, 6) is 0. The lowest BCUT2D eigenvalue weighted by atomic mass is 10.0. The second-order valence-electron chi connectivity index (χ2n) is 7.93. The minimum atomic E-state index is 0.935. The molecule has 148 valence electrons. The summed E-state index contributed by atoms with van der Waals surface area (Å²) in [5, 5.41) is 10.2. The normalized spacial score (nSPS) is 14.6. The summed E-state index contributed by atoms with van der Waals surface area (Å²) >= 11 is 0. The lowest BCUT2D eigenvalue weighted by Gasteiger charge is -2.29. The van der Waals surface area contributed by atoms with Crippen LogP contribution in [0.15, 0.2) is 61.2 Å². The third-order valence-electron chi connectivity index (χ3n) is 6.05. The van der Waals surface area contributed by atoms with Crippen molar-refractivity contribution in [2.75, 3.05) is 18.0 Å². The number of piperidine rings is 1. The van der Waals surface area contributed by atoms with Crippen LogP contribution in [0.5, 0.6) is 0 Å². The van der Waals surface area contributed by atoms with E-state index >= 15 is 0 Å². The number of nitrogens with one attached hydrogen (secondary N) is 2. The van der Waals surface area contributed by atoms with Crippen LogP contribution in [0, 0.1) is 0 Å². The van der Waals surface area contributed by atoms with Crippen molar-refractivity contribution in [3.05, 3.63) is 61.2 Å². The molecular weight excluding hydrogens is 372 g/mol. The summed E-state index contributed by atoms with van der Waals surface area (Å²) in [6.07, 6.45) is 9.09. The number of aromatic amines is 2. The number of anilines is 1. The average Bonchev–Trinajstić information content (AvgIpc) is 3.43. The summed E-state index contributed by atoms with van der Waals surface area (Å²) < 4.78 is 0. The van der Waals surface area contributed by atoms with Crippen molar-refractivity contribution in [2.24, 2.45) is 0 Å². The molecule has 1 saturated heterocycles. The number of benzene rings is 2. The fraction of sp³-hybridized carbons (Fsp3) is 0.208. The zero-order chi connectivity index (χ0) is 19.9. The Labute approximate surface area is 174 Å². The van der Waals surface area contributed by atoms with E-state index in [9.17, 15) is 0 Å². The van der Waals surface area contributed by atoms with Crippen molar-refractivity contribution in [3.63, 3.8) is 0 Å². The highest BCUT2D eigenvalue weighted by Gasteiger charge is 2.17. The predicted molar refractivity (Wildman–Crippen MR) is 120 cm³/mol. The van der Waals surface area contributed by atoms with E-state index in [4.69, 9.17) is 0 Å². The molecule has 0 atom stereocenters. The van der Waals surface area contributed by atoms with Crippen molar-refractivity contribution in [3.8, 4) is 22.5 Å². The first-order valence-electron chi connectivity index (χ1n) is 10.5. The number of hydrogen-bond acceptors (Lipinski definition) is 4. The van der Waals surface area contributed by atoms with E-state index in [0.717, 1.165) is 52.0 Å². The Kier molecular flexibility index (Phi) is 4.01. The van der Waals surface area contributed by atoms with Gasteiger partial charge in [-0.05, 0) is 55.2 Å². The smallest absolute Gasteiger partial charge is 0.116 e. The molecule has 0 amide bonds. The van der Waals surface area contributed by atoms with Gasteiger partial charge in [0.2, 0.25) is 0 Å². The van der Waals surface area contributed by atoms with Crippen LogP contribution >= 0.6 is 0 Å². The molecule has 1 aliphatic heterocycles. The Balaban J connectivity index is 1.47. The monoisotopic (exact) mass is 394 g/mol. The zero-order valence-corrected chi connectivity index (χ0v) is 16.6. The van der Waals surface area contributed by atoms with E-state index in [1.165, 1.54) is 30.3 Å². The average molecular weight is 394 g/mol. The summed E-state index contributed by atoms with van der Waals surface area (Å²) in [4.78, 5) is 14.4. The molecule has 1 aliphatic rings. The number of H-pyrrole nitrogens is 2. The first-order valence-corrected chi connectivity index (χ1v) is 10.5. The van der Waals surface area contributed by atoms with E-state index in [1.54, 1.807) is 6.33 Å². The van der Waals surface area contributed by atoms with Gasteiger partial charge in [-0.3, -0.25) is 5.10 Å². The molecular formula is C24H22N6. The van der Waals surface area contributed by atoms with Crippen LogP contribution in [0.2, 0.25) is 0 Å². The van der Waals surface area contributed by atoms with E-state index < -0.39 is 0 Å². The molecule has 0 unspecified atom stereocenters. The van der Waals surface area contributed by atoms with Crippen LogP contribution in [0.1, 0.15) is 19.3 Å². The predicted octanol–water partition coefficient (Wildman–Crippen LogP) is 5.16. The minimum Gasteiger partial charge on any atom is -0.371 e. The first kappa shape index (κ1) is 17.2. The van der Waals surface area contributed by atoms with Crippen molar-refractivity contribution < 1.29 is 0 Å². The number of nitrogens with zero attached hydrogens (tertiary/aromatic N) is 4. The fourth-order valence-corrected chi connectivity index (χ4v) is 4.52. The van der Waals surface area contributed by atoms with Crippen LogP contribution in [-0.2, 0) is 0 Å². The molecule has 30 heavy (non-hydrogen) atoms. The Morgan fingerprint density at radius 2 is 1.67 bits per heavy atom. The van der Waals surface area contributed by atoms with E-state index in [0.29, 0.717) is 0 Å². The van der Waals surface area contributed by atoms with Crippen LogP contribution in [0.25, 0.3) is 44.3 Å². The molecule has 1 fully saturated rings. The topological polar surface area (TPSA) is 73.5 Å². The molecule has 3 aromatic heterocycles. The van der Waals surface area contributed by atoms with Crippen molar-refractivity contribution in [1.82, 2.24) is 25.1 Å². The molecule has 6 rings (SSSR count). The van der Waals surface area contributed by atoms with Gasteiger partial charge in [0.15, 0.2) is 0 Å². The Morgan fingerprint density at radius 1 is 0.800 bits per heavy atom. The van der Waals surface area contributed by atoms with Gasteiger partial charge in [0.25, 0.3) is 0 Å². The number of aromatic nitrogens is 5. The van der Waals surface area contributed by atoms with Gasteiger partial charge in [-0.1, -0.05) is 12.1 Å². The van der Waals surface area contributed by atoms with E-state index in [1.807, 2.05) is 12.4 Å². The number of fused-ring (bicyclic) bond motifs is 2. The van der Waals surface area contributed by atoms with Crippen molar-refractivity contribution in [1.29, 1.82) is 0 Å². The highest BCUT2D eigenvalue weighted by molar-refractivity contribution is 6.00. The van der Waals surface area contributed by atoms with Gasteiger partial charge in [0, 0.05) is 53.0 Å². The van der Waals surface area contributed by atoms with Crippen LogP contribution in [0.3, 0.4) is 0 Å². The summed E-state index contributed by atoms with van der Waals surface area (Å²) in [6, 6.07) is 15.1. The number of rotatable bonds is 3. The largest absolute Gasteiger partial charge is 0.371 e. The summed E-state index contributed by atoms with van der Waals surface area (Å²) in [6.45, 7) is 2.26. The maximum absolute atomic E-state index is 4.64. The van der Waals surface area contributed by atoms with Gasteiger partial charge in [-0.25, -0.2) is 9.97 Å². The molecule has 5 aromatic rings. The maximum atomic E-state index is 4.64. The number of hydrogen-bond donors (Lipinski definition) is 2. The van der Waals surface area contributed by atoms with Crippen LogP contribution < -0.4 is 4.90 Å². The van der Waals surface area contributed by atoms with E-state index in [-0.39, 0.29) is 0 Å². The molecule has 6 heteroatoms. The molecule has 0 radical (unpaired) electrons. The standard InChI is InChI=1S/C24H22N6/c1-2-9-30(10-3-1)23-6-4-5-20-18(23)12-22(27-20)24-19-11-16(7-8-21(19)28-29-24)17-13-25-15-26-14-17/h4-8,11-15,27H,1-3,9-10H2,(H,28,29). The second kappa shape index (κ2) is 6.99. The third kappa shape index (κ3) is 2.84. The first-order chi connectivity index (χ1) is 14.9. The Morgan fingerprint density at radius 3 is 2.53 bits per heavy atom. The fourth-order valence-electron chi connectivity index (χ4n) is 4.52. The molecule has 0 saturated carbocycles. The molecule has 4 heterocycles. The van der Waals surface area contributed by atoms with Gasteiger partial charge in [-0.15, -0.1) is 0 Å². The molecule has 0 spiro atoms. The van der Waals surface area contributed by atoms with Crippen LogP contribution in [-0.4, -0.2) is 38.2 Å². The highest BCUT2D eigenvalue weighted by Crippen LogP contribution is 2.35. The quantitative estimate of drug-likeness (QED) is 0.443. The van der Waals surface area contributed by atoms with Gasteiger partial charge < -0.3 is 9.88 Å². The van der Waals surface area contributed by atoms with Crippen molar-refractivity contribution in [2.45, 2.75) is 19.3 Å². The third-order valence-corrected chi connectivity index (χ3v) is 6.05. The Hall–Kier alpha value is -3.67. The molecule has 6 nitrogen and oxygen atoms in total.